The van der Waals surface area contributed by atoms with Crippen LogP contribution < -0.4 is 0 Å². The number of hydrogen-bond donors (Lipinski definition) is 0. The molecular weight excluding hydrogens is 207 g/mol. The molecule has 1 aliphatic rings. The number of ether oxygens (including phenoxy) is 1. The third-order valence-electron chi connectivity index (χ3n) is 2.52. The maximum absolute atomic E-state index is 13.1. The minimum Gasteiger partial charge on any atom is -0.426 e. The fourth-order valence-electron chi connectivity index (χ4n) is 1.74. The van der Waals surface area contributed by atoms with Gasteiger partial charge in [0.1, 0.15) is 11.6 Å². The summed E-state index contributed by atoms with van der Waals surface area (Å²) in [6.07, 6.45) is 3.66. The van der Waals surface area contributed by atoms with Crippen LogP contribution >= 0.6 is 0 Å². The first-order valence-electron chi connectivity index (χ1n) is 5.40. The Labute approximate surface area is 93.7 Å². The molecule has 84 valence electrons. The minimum absolute atomic E-state index is 0.258. The summed E-state index contributed by atoms with van der Waals surface area (Å²) in [6.45, 7) is 1.91. The van der Waals surface area contributed by atoms with Gasteiger partial charge < -0.3 is 4.74 Å². The Morgan fingerprint density at radius 1 is 1.50 bits per heavy atom. The van der Waals surface area contributed by atoms with Crippen molar-refractivity contribution in [1.82, 2.24) is 0 Å². The molecule has 0 radical (unpaired) electrons. The number of allylic oxidation sites excluding steroid dienone is 1. The lowest BCUT2D eigenvalue weighted by Gasteiger charge is -2.06. The van der Waals surface area contributed by atoms with Gasteiger partial charge in [-0.1, -0.05) is 13.0 Å². The first kappa shape index (κ1) is 10.9. The first-order valence-corrected chi connectivity index (χ1v) is 5.40. The summed E-state index contributed by atoms with van der Waals surface area (Å²) in [5, 5.41) is 0. The molecule has 0 N–H and O–H groups in total. The van der Waals surface area contributed by atoms with Crippen LogP contribution in [0.2, 0.25) is 0 Å². The molecule has 0 unspecified atom stereocenters. The lowest BCUT2D eigenvalue weighted by Crippen LogP contribution is -2.02. The Morgan fingerprint density at radius 3 is 3.06 bits per heavy atom. The third-order valence-corrected chi connectivity index (χ3v) is 2.52. The van der Waals surface area contributed by atoms with Crippen molar-refractivity contribution in [3.05, 3.63) is 41.2 Å². The van der Waals surface area contributed by atoms with Gasteiger partial charge in [-0.25, -0.2) is 4.39 Å². The third kappa shape index (κ3) is 2.13. The van der Waals surface area contributed by atoms with Gasteiger partial charge in [0.05, 0.1) is 0 Å². The van der Waals surface area contributed by atoms with Crippen molar-refractivity contribution in [1.29, 1.82) is 0 Å². The Kier molecular flexibility index (Phi) is 3.04. The molecule has 0 spiro atoms. The van der Waals surface area contributed by atoms with Gasteiger partial charge >= 0.3 is 5.97 Å². The van der Waals surface area contributed by atoms with E-state index >= 15 is 0 Å². The molecular formula is C13H13FO2. The highest BCUT2D eigenvalue weighted by molar-refractivity contribution is 5.80. The second-order valence-electron chi connectivity index (χ2n) is 3.80. The highest BCUT2D eigenvalue weighted by atomic mass is 19.1. The number of esters is 1. The summed E-state index contributed by atoms with van der Waals surface area (Å²) in [5.74, 6) is -0.0723. The molecule has 0 saturated heterocycles. The molecule has 0 heterocycles. The summed E-state index contributed by atoms with van der Waals surface area (Å²) in [7, 11) is 0. The van der Waals surface area contributed by atoms with Crippen LogP contribution in [0.5, 0.6) is 0 Å². The largest absolute Gasteiger partial charge is 0.426 e. The van der Waals surface area contributed by atoms with Crippen LogP contribution in [0.15, 0.2) is 24.3 Å². The molecule has 16 heavy (non-hydrogen) atoms. The predicted octanol–water partition coefficient (Wildman–Crippen LogP) is 3.07. The molecule has 2 rings (SSSR count). The normalized spacial score (nSPS) is 13.2. The fourth-order valence-corrected chi connectivity index (χ4v) is 1.74. The Hall–Kier alpha value is -1.64. The number of halogens is 1. The van der Waals surface area contributed by atoms with Gasteiger partial charge in [0, 0.05) is 12.0 Å². The van der Waals surface area contributed by atoms with E-state index in [0.717, 1.165) is 12.0 Å². The Balaban J connectivity index is 2.16. The van der Waals surface area contributed by atoms with E-state index in [4.69, 9.17) is 4.74 Å². The van der Waals surface area contributed by atoms with Gasteiger partial charge in [0.2, 0.25) is 0 Å². The van der Waals surface area contributed by atoms with E-state index in [0.29, 0.717) is 24.2 Å². The zero-order chi connectivity index (χ0) is 11.5. The molecule has 0 saturated carbocycles. The van der Waals surface area contributed by atoms with Crippen molar-refractivity contribution in [3.63, 3.8) is 0 Å². The second kappa shape index (κ2) is 4.47. The molecule has 1 aromatic carbocycles. The highest BCUT2D eigenvalue weighted by Gasteiger charge is 2.18. The number of hydrogen-bond acceptors (Lipinski definition) is 2. The maximum atomic E-state index is 13.1. The second-order valence-corrected chi connectivity index (χ2v) is 3.80. The SMILES string of the molecule is CCCC(=O)OC1=CCc2ccc(F)cc21. The van der Waals surface area contributed by atoms with E-state index in [1.807, 2.05) is 13.0 Å². The average Bonchev–Trinajstić information content (AvgIpc) is 2.61. The van der Waals surface area contributed by atoms with Crippen LogP contribution in [-0.4, -0.2) is 5.97 Å². The van der Waals surface area contributed by atoms with Crippen LogP contribution in [0.4, 0.5) is 4.39 Å². The van der Waals surface area contributed by atoms with E-state index in [-0.39, 0.29) is 11.8 Å². The zero-order valence-electron chi connectivity index (χ0n) is 9.13. The standard InChI is InChI=1S/C13H13FO2/c1-2-3-13(15)16-12-7-5-9-4-6-10(14)8-11(9)12/h4,6-8H,2-3,5H2,1H3. The van der Waals surface area contributed by atoms with Crippen LogP contribution in [-0.2, 0) is 16.0 Å². The van der Waals surface area contributed by atoms with Crippen molar-refractivity contribution in [2.24, 2.45) is 0 Å². The molecule has 0 aliphatic heterocycles. The molecule has 2 nitrogen and oxygen atoms in total. The molecule has 1 aromatic rings. The van der Waals surface area contributed by atoms with Gasteiger partial charge in [-0.15, -0.1) is 0 Å². The molecule has 0 fully saturated rings. The lowest BCUT2D eigenvalue weighted by atomic mass is 10.1. The Bertz CT molecular complexity index is 449. The van der Waals surface area contributed by atoms with Crippen LogP contribution in [0.1, 0.15) is 30.9 Å². The molecule has 3 heteroatoms. The van der Waals surface area contributed by atoms with Gasteiger partial charge in [-0.3, -0.25) is 4.79 Å². The van der Waals surface area contributed by atoms with Gasteiger partial charge in [0.25, 0.3) is 0 Å². The van der Waals surface area contributed by atoms with Crippen molar-refractivity contribution in [2.75, 3.05) is 0 Å². The Morgan fingerprint density at radius 2 is 2.31 bits per heavy atom. The molecule has 0 bridgehead atoms. The van der Waals surface area contributed by atoms with Crippen LogP contribution in [0, 0.1) is 5.82 Å². The summed E-state index contributed by atoms with van der Waals surface area (Å²) >= 11 is 0. The van der Waals surface area contributed by atoms with Gasteiger partial charge in [-0.05, 0) is 36.6 Å². The quantitative estimate of drug-likeness (QED) is 0.732. The number of carbonyl (C=O) groups excluding carboxylic acids is 1. The predicted molar refractivity (Wildman–Crippen MR) is 59.1 cm³/mol. The smallest absolute Gasteiger partial charge is 0.311 e. The van der Waals surface area contributed by atoms with Gasteiger partial charge in [0.15, 0.2) is 0 Å². The fraction of sp³-hybridized carbons (Fsp3) is 0.308. The van der Waals surface area contributed by atoms with Crippen molar-refractivity contribution in [2.45, 2.75) is 26.2 Å². The number of benzene rings is 1. The molecule has 0 atom stereocenters. The topological polar surface area (TPSA) is 26.3 Å². The van der Waals surface area contributed by atoms with Crippen molar-refractivity contribution >= 4 is 11.7 Å². The van der Waals surface area contributed by atoms with E-state index in [1.54, 1.807) is 6.07 Å². The van der Waals surface area contributed by atoms with Crippen molar-refractivity contribution < 1.29 is 13.9 Å². The van der Waals surface area contributed by atoms with E-state index in [2.05, 4.69) is 0 Å². The molecule has 0 aromatic heterocycles. The summed E-state index contributed by atoms with van der Waals surface area (Å²) in [5.41, 5.74) is 1.70. The highest BCUT2D eigenvalue weighted by Crippen LogP contribution is 2.29. The summed E-state index contributed by atoms with van der Waals surface area (Å²) in [6, 6.07) is 4.55. The van der Waals surface area contributed by atoms with E-state index < -0.39 is 0 Å². The monoisotopic (exact) mass is 220 g/mol. The summed E-state index contributed by atoms with van der Waals surface area (Å²) in [4.78, 5) is 11.3. The first-order chi connectivity index (χ1) is 7.70. The minimum atomic E-state index is -0.307. The number of fused-ring (bicyclic) bond motifs is 1. The average molecular weight is 220 g/mol. The van der Waals surface area contributed by atoms with E-state index in [9.17, 15) is 9.18 Å². The van der Waals surface area contributed by atoms with E-state index in [1.165, 1.54) is 12.1 Å². The summed E-state index contributed by atoms with van der Waals surface area (Å²) < 4.78 is 18.2. The van der Waals surface area contributed by atoms with Gasteiger partial charge in [-0.2, -0.15) is 0 Å². The van der Waals surface area contributed by atoms with Crippen molar-refractivity contribution in [3.8, 4) is 0 Å². The zero-order valence-corrected chi connectivity index (χ0v) is 9.13. The maximum Gasteiger partial charge on any atom is 0.311 e. The molecule has 1 aliphatic carbocycles. The molecule has 0 amide bonds. The van der Waals surface area contributed by atoms with Crippen LogP contribution in [0.25, 0.3) is 5.76 Å². The number of rotatable bonds is 3. The lowest BCUT2D eigenvalue weighted by molar-refractivity contribution is -0.136. The number of carbonyl (C=O) groups is 1. The van der Waals surface area contributed by atoms with Crippen LogP contribution in [0.3, 0.4) is 0 Å².